The van der Waals surface area contributed by atoms with Gasteiger partial charge in [0.2, 0.25) is 0 Å². The topological polar surface area (TPSA) is 51.0 Å². The largest absolute Gasteiger partial charge is 0.491 e. The van der Waals surface area contributed by atoms with Crippen molar-refractivity contribution < 1.29 is 14.7 Å². The number of hydrogen-bond acceptors (Lipinski definition) is 4. The van der Waals surface area contributed by atoms with E-state index in [1.807, 2.05) is 31.2 Å². The molecule has 88 valence electrons. The fourth-order valence-corrected chi connectivity index (χ4v) is 1.13. The molecule has 1 aromatic carbocycles. The highest BCUT2D eigenvalue weighted by Crippen LogP contribution is 2.13. The van der Waals surface area contributed by atoms with Gasteiger partial charge >= 0.3 is 0 Å². The standard InChI is InChI=1S/C12H17NO3/c1-9(15-3)8-16-12-6-4-11(5-7-12)10(2)13-14/h4-7,9,14H,8H2,1-3H3/b13-10+. The van der Waals surface area contributed by atoms with Crippen molar-refractivity contribution in [1.29, 1.82) is 0 Å². The van der Waals surface area contributed by atoms with Gasteiger partial charge in [0, 0.05) is 7.11 Å². The summed E-state index contributed by atoms with van der Waals surface area (Å²) < 4.78 is 10.6. The van der Waals surface area contributed by atoms with Gasteiger partial charge in [0.1, 0.15) is 12.4 Å². The van der Waals surface area contributed by atoms with Crippen LogP contribution in [-0.4, -0.2) is 30.7 Å². The van der Waals surface area contributed by atoms with Crippen molar-refractivity contribution in [2.75, 3.05) is 13.7 Å². The lowest BCUT2D eigenvalue weighted by atomic mass is 10.1. The van der Waals surface area contributed by atoms with Crippen LogP contribution >= 0.6 is 0 Å². The van der Waals surface area contributed by atoms with Crippen molar-refractivity contribution >= 4 is 5.71 Å². The molecule has 1 aromatic rings. The first kappa shape index (κ1) is 12.5. The van der Waals surface area contributed by atoms with E-state index in [-0.39, 0.29) is 6.10 Å². The second kappa shape index (κ2) is 6.12. The highest BCUT2D eigenvalue weighted by Gasteiger charge is 2.02. The summed E-state index contributed by atoms with van der Waals surface area (Å²) in [7, 11) is 1.65. The smallest absolute Gasteiger partial charge is 0.119 e. The molecular formula is C12H17NO3. The lowest BCUT2D eigenvalue weighted by molar-refractivity contribution is 0.0717. The predicted octanol–water partition coefficient (Wildman–Crippen LogP) is 2.30. The third-order valence-corrected chi connectivity index (χ3v) is 2.31. The van der Waals surface area contributed by atoms with Crippen LogP contribution in [0, 0.1) is 0 Å². The van der Waals surface area contributed by atoms with E-state index in [1.165, 1.54) is 0 Å². The maximum atomic E-state index is 8.61. The first-order valence-electron chi connectivity index (χ1n) is 5.12. The van der Waals surface area contributed by atoms with Crippen molar-refractivity contribution in [2.45, 2.75) is 20.0 Å². The van der Waals surface area contributed by atoms with Gasteiger partial charge in [-0.3, -0.25) is 0 Å². The third kappa shape index (κ3) is 3.55. The molecule has 0 aromatic heterocycles. The predicted molar refractivity (Wildman–Crippen MR) is 62.4 cm³/mol. The summed E-state index contributed by atoms with van der Waals surface area (Å²) in [6.07, 6.45) is 0.0698. The number of rotatable bonds is 5. The van der Waals surface area contributed by atoms with E-state index in [2.05, 4.69) is 5.16 Å². The molecule has 0 bridgehead atoms. The Bertz CT molecular complexity index is 346. The zero-order valence-electron chi connectivity index (χ0n) is 9.80. The van der Waals surface area contributed by atoms with Crippen LogP contribution in [0.25, 0.3) is 0 Å². The molecule has 0 aliphatic rings. The van der Waals surface area contributed by atoms with Crippen molar-refractivity contribution in [3.8, 4) is 5.75 Å². The summed E-state index contributed by atoms with van der Waals surface area (Å²) in [5, 5.41) is 11.7. The Labute approximate surface area is 95.5 Å². The van der Waals surface area contributed by atoms with E-state index in [1.54, 1.807) is 14.0 Å². The van der Waals surface area contributed by atoms with Crippen LogP contribution < -0.4 is 4.74 Å². The normalized spacial score (nSPS) is 13.6. The van der Waals surface area contributed by atoms with E-state index < -0.39 is 0 Å². The summed E-state index contributed by atoms with van der Waals surface area (Å²) in [5.74, 6) is 0.776. The average molecular weight is 223 g/mol. The van der Waals surface area contributed by atoms with Crippen LogP contribution in [0.2, 0.25) is 0 Å². The van der Waals surface area contributed by atoms with Gasteiger partial charge in [-0.2, -0.15) is 0 Å². The molecule has 0 spiro atoms. The van der Waals surface area contributed by atoms with Crippen molar-refractivity contribution in [3.63, 3.8) is 0 Å². The highest BCUT2D eigenvalue weighted by molar-refractivity contribution is 5.98. The Morgan fingerprint density at radius 3 is 2.50 bits per heavy atom. The van der Waals surface area contributed by atoms with Gasteiger partial charge in [0.25, 0.3) is 0 Å². The zero-order chi connectivity index (χ0) is 12.0. The molecule has 1 N–H and O–H groups in total. The summed E-state index contributed by atoms with van der Waals surface area (Å²) in [5.41, 5.74) is 1.45. The minimum absolute atomic E-state index is 0.0698. The maximum absolute atomic E-state index is 8.61. The SMILES string of the molecule is COC(C)COc1ccc(/C(C)=N/O)cc1. The number of hydrogen-bond donors (Lipinski definition) is 1. The van der Waals surface area contributed by atoms with Crippen molar-refractivity contribution in [1.82, 2.24) is 0 Å². The van der Waals surface area contributed by atoms with Crippen LogP contribution in [0.4, 0.5) is 0 Å². The van der Waals surface area contributed by atoms with Gasteiger partial charge in [-0.1, -0.05) is 5.16 Å². The maximum Gasteiger partial charge on any atom is 0.119 e. The van der Waals surface area contributed by atoms with E-state index in [4.69, 9.17) is 14.7 Å². The van der Waals surface area contributed by atoms with Gasteiger partial charge < -0.3 is 14.7 Å². The average Bonchev–Trinajstić information content (AvgIpc) is 2.35. The highest BCUT2D eigenvalue weighted by atomic mass is 16.5. The van der Waals surface area contributed by atoms with Gasteiger partial charge in [0.05, 0.1) is 11.8 Å². The number of oxime groups is 1. The molecule has 4 heteroatoms. The van der Waals surface area contributed by atoms with E-state index in [9.17, 15) is 0 Å². The van der Waals surface area contributed by atoms with E-state index >= 15 is 0 Å². The Morgan fingerprint density at radius 1 is 1.38 bits per heavy atom. The molecule has 0 saturated carbocycles. The molecule has 0 fully saturated rings. The van der Waals surface area contributed by atoms with Crippen LogP contribution in [0.5, 0.6) is 5.75 Å². The number of nitrogens with zero attached hydrogens (tertiary/aromatic N) is 1. The van der Waals surface area contributed by atoms with Crippen LogP contribution in [0.3, 0.4) is 0 Å². The first-order chi connectivity index (χ1) is 7.67. The fraction of sp³-hybridized carbons (Fsp3) is 0.417. The van der Waals surface area contributed by atoms with Crippen LogP contribution in [0.1, 0.15) is 19.4 Å². The minimum atomic E-state index is 0.0698. The minimum Gasteiger partial charge on any atom is -0.491 e. The van der Waals surface area contributed by atoms with E-state index in [0.717, 1.165) is 11.3 Å². The van der Waals surface area contributed by atoms with Gasteiger partial charge in [-0.25, -0.2) is 0 Å². The molecule has 0 aliphatic carbocycles. The first-order valence-corrected chi connectivity index (χ1v) is 5.12. The molecule has 1 unspecified atom stereocenters. The second-order valence-corrected chi connectivity index (χ2v) is 3.57. The van der Waals surface area contributed by atoms with Gasteiger partial charge in [0.15, 0.2) is 0 Å². The van der Waals surface area contributed by atoms with Gasteiger partial charge in [-0.15, -0.1) is 0 Å². The van der Waals surface area contributed by atoms with Crippen molar-refractivity contribution in [2.24, 2.45) is 5.16 Å². The molecule has 0 saturated heterocycles. The lowest BCUT2D eigenvalue weighted by Crippen LogP contribution is -2.15. The Balaban J connectivity index is 2.58. The number of methoxy groups -OCH3 is 1. The molecule has 0 heterocycles. The molecule has 16 heavy (non-hydrogen) atoms. The molecule has 1 rings (SSSR count). The van der Waals surface area contributed by atoms with Crippen LogP contribution in [-0.2, 0) is 4.74 Å². The van der Waals surface area contributed by atoms with Crippen LogP contribution in [0.15, 0.2) is 29.4 Å². The number of ether oxygens (including phenoxy) is 2. The summed E-state index contributed by atoms with van der Waals surface area (Å²) >= 11 is 0. The Morgan fingerprint density at radius 2 is 2.00 bits per heavy atom. The number of benzene rings is 1. The summed E-state index contributed by atoms with van der Waals surface area (Å²) in [4.78, 5) is 0. The summed E-state index contributed by atoms with van der Waals surface area (Å²) in [6, 6.07) is 7.38. The zero-order valence-corrected chi connectivity index (χ0v) is 9.80. The van der Waals surface area contributed by atoms with E-state index in [0.29, 0.717) is 12.3 Å². The third-order valence-electron chi connectivity index (χ3n) is 2.31. The molecule has 0 aliphatic heterocycles. The molecule has 1 atom stereocenters. The lowest BCUT2D eigenvalue weighted by Gasteiger charge is -2.11. The Hall–Kier alpha value is -1.55. The molecule has 4 nitrogen and oxygen atoms in total. The van der Waals surface area contributed by atoms with Gasteiger partial charge in [-0.05, 0) is 43.7 Å². The quantitative estimate of drug-likeness (QED) is 0.473. The molecular weight excluding hydrogens is 206 g/mol. The summed E-state index contributed by atoms with van der Waals surface area (Å²) in [6.45, 7) is 4.20. The molecule has 0 amide bonds. The Kier molecular flexibility index (Phi) is 4.79. The molecule has 0 radical (unpaired) electrons. The monoisotopic (exact) mass is 223 g/mol. The van der Waals surface area contributed by atoms with Crippen molar-refractivity contribution in [3.05, 3.63) is 29.8 Å². The fourth-order valence-electron chi connectivity index (χ4n) is 1.13. The second-order valence-electron chi connectivity index (χ2n) is 3.57.